The molecule has 0 saturated carbocycles. The van der Waals surface area contributed by atoms with Gasteiger partial charge in [-0.3, -0.25) is 4.79 Å². The van der Waals surface area contributed by atoms with Crippen molar-refractivity contribution in [1.29, 1.82) is 0 Å². The number of hydrogen-bond donors (Lipinski definition) is 1. The molecule has 0 radical (unpaired) electrons. The lowest BCUT2D eigenvalue weighted by Gasteiger charge is -2.32. The van der Waals surface area contributed by atoms with Gasteiger partial charge in [0.15, 0.2) is 0 Å². The van der Waals surface area contributed by atoms with Crippen LogP contribution in [0.2, 0.25) is 0 Å². The molecule has 1 N–H and O–H groups in total. The number of nitrogens with zero attached hydrogens (tertiary/aromatic N) is 1. The van der Waals surface area contributed by atoms with E-state index in [0.717, 1.165) is 39.0 Å². The smallest absolute Gasteiger partial charge is 0.230 e. The van der Waals surface area contributed by atoms with Gasteiger partial charge in [0.25, 0.3) is 0 Å². The monoisotopic (exact) mass is 250 g/mol. The van der Waals surface area contributed by atoms with Gasteiger partial charge < -0.3 is 10.2 Å². The van der Waals surface area contributed by atoms with Crippen molar-refractivity contribution in [2.45, 2.75) is 25.2 Å². The quantitative estimate of drug-likeness (QED) is 0.821. The number of carbonyl (C=O) groups excluding carboxylic acids is 1. The van der Waals surface area contributed by atoms with Gasteiger partial charge in [-0.05, 0) is 36.3 Å². The summed E-state index contributed by atoms with van der Waals surface area (Å²) in [6, 6.07) is 2.16. The Bertz CT molecular complexity index is 409. The maximum absolute atomic E-state index is 12.5. The van der Waals surface area contributed by atoms with E-state index in [9.17, 15) is 4.79 Å². The highest BCUT2D eigenvalue weighted by molar-refractivity contribution is 7.10. The van der Waals surface area contributed by atoms with Gasteiger partial charge in [0.1, 0.15) is 0 Å². The van der Waals surface area contributed by atoms with Crippen LogP contribution in [0.4, 0.5) is 0 Å². The second kappa shape index (κ2) is 4.78. The first-order valence-corrected chi connectivity index (χ1v) is 7.30. The molecule has 1 fully saturated rings. The molecule has 2 heterocycles. The van der Waals surface area contributed by atoms with E-state index < -0.39 is 0 Å². The molecule has 1 unspecified atom stereocenters. The van der Waals surface area contributed by atoms with Crippen molar-refractivity contribution in [2.75, 3.05) is 26.2 Å². The molecule has 1 aromatic heterocycles. The van der Waals surface area contributed by atoms with E-state index in [1.165, 1.54) is 16.9 Å². The maximum Gasteiger partial charge on any atom is 0.230 e. The lowest BCUT2D eigenvalue weighted by atomic mass is 9.86. The average Bonchev–Trinajstić information content (AvgIpc) is 2.87. The molecule has 1 amide bonds. The molecule has 1 aliphatic carbocycles. The summed E-state index contributed by atoms with van der Waals surface area (Å²) in [6.45, 7) is 3.62. The summed E-state index contributed by atoms with van der Waals surface area (Å²) in [5.74, 6) is 0.494. The number of fused-ring (bicyclic) bond motifs is 1. The summed E-state index contributed by atoms with van der Waals surface area (Å²) in [5, 5.41) is 5.43. The van der Waals surface area contributed by atoms with E-state index in [0.29, 0.717) is 5.91 Å². The Morgan fingerprint density at radius 2 is 2.24 bits per heavy atom. The molecule has 3 rings (SSSR count). The van der Waals surface area contributed by atoms with Crippen LogP contribution in [0.5, 0.6) is 0 Å². The first-order valence-electron chi connectivity index (χ1n) is 6.42. The number of aryl methyl sites for hydroxylation is 1. The zero-order valence-corrected chi connectivity index (χ0v) is 10.8. The largest absolute Gasteiger partial charge is 0.340 e. The number of amides is 1. The van der Waals surface area contributed by atoms with Crippen LogP contribution in [0.25, 0.3) is 0 Å². The van der Waals surface area contributed by atoms with Gasteiger partial charge in [-0.25, -0.2) is 0 Å². The molecule has 0 aromatic carbocycles. The Morgan fingerprint density at radius 1 is 1.41 bits per heavy atom. The van der Waals surface area contributed by atoms with Crippen molar-refractivity contribution in [3.05, 3.63) is 21.9 Å². The number of rotatable bonds is 1. The van der Waals surface area contributed by atoms with Gasteiger partial charge in [-0.15, -0.1) is 11.3 Å². The maximum atomic E-state index is 12.5. The highest BCUT2D eigenvalue weighted by atomic mass is 32.1. The van der Waals surface area contributed by atoms with Crippen LogP contribution in [0, 0.1) is 0 Å². The number of nitrogens with one attached hydrogen (secondary N) is 1. The summed E-state index contributed by atoms with van der Waals surface area (Å²) in [4.78, 5) is 16.0. The van der Waals surface area contributed by atoms with Crippen LogP contribution in [0.3, 0.4) is 0 Å². The van der Waals surface area contributed by atoms with Crippen molar-refractivity contribution in [3.8, 4) is 0 Å². The van der Waals surface area contributed by atoms with E-state index in [1.807, 2.05) is 16.2 Å². The van der Waals surface area contributed by atoms with E-state index in [2.05, 4.69) is 16.8 Å². The van der Waals surface area contributed by atoms with Crippen LogP contribution in [-0.2, 0) is 11.2 Å². The first-order chi connectivity index (χ1) is 8.36. The van der Waals surface area contributed by atoms with Crippen LogP contribution in [-0.4, -0.2) is 37.0 Å². The summed E-state index contributed by atoms with van der Waals surface area (Å²) >= 11 is 1.81. The zero-order chi connectivity index (χ0) is 11.7. The SMILES string of the molecule is O=C(C1CCCc2sccc21)N1CCNCC1. The molecule has 17 heavy (non-hydrogen) atoms. The van der Waals surface area contributed by atoms with Crippen molar-refractivity contribution in [3.63, 3.8) is 0 Å². The highest BCUT2D eigenvalue weighted by Crippen LogP contribution is 2.36. The molecule has 1 aliphatic heterocycles. The molecular weight excluding hydrogens is 232 g/mol. The summed E-state index contributed by atoms with van der Waals surface area (Å²) < 4.78 is 0. The van der Waals surface area contributed by atoms with Crippen LogP contribution < -0.4 is 5.32 Å². The third kappa shape index (κ3) is 2.11. The lowest BCUT2D eigenvalue weighted by molar-refractivity contribution is -0.133. The molecule has 1 aromatic rings. The fourth-order valence-electron chi connectivity index (χ4n) is 2.85. The molecule has 3 nitrogen and oxygen atoms in total. The first kappa shape index (κ1) is 11.2. The van der Waals surface area contributed by atoms with Crippen molar-refractivity contribution >= 4 is 17.2 Å². The predicted molar refractivity (Wildman–Crippen MR) is 69.4 cm³/mol. The fraction of sp³-hybridized carbons (Fsp3) is 0.615. The molecule has 4 heteroatoms. The highest BCUT2D eigenvalue weighted by Gasteiger charge is 2.30. The minimum atomic E-state index is 0.142. The van der Waals surface area contributed by atoms with E-state index in [4.69, 9.17) is 0 Å². The summed E-state index contributed by atoms with van der Waals surface area (Å²) in [6.07, 6.45) is 3.36. The van der Waals surface area contributed by atoms with Gasteiger partial charge in [0.05, 0.1) is 5.92 Å². The van der Waals surface area contributed by atoms with Gasteiger partial charge in [0.2, 0.25) is 5.91 Å². The molecule has 2 aliphatic rings. The van der Waals surface area contributed by atoms with Gasteiger partial charge in [0, 0.05) is 31.1 Å². The number of carbonyl (C=O) groups is 1. The zero-order valence-electron chi connectivity index (χ0n) is 9.95. The Hall–Kier alpha value is -0.870. The molecule has 92 valence electrons. The number of thiophene rings is 1. The van der Waals surface area contributed by atoms with Crippen LogP contribution in [0.15, 0.2) is 11.4 Å². The number of hydrogen-bond acceptors (Lipinski definition) is 3. The second-order valence-corrected chi connectivity index (χ2v) is 5.82. The third-order valence-corrected chi connectivity index (χ3v) is 4.78. The topological polar surface area (TPSA) is 32.3 Å². The average molecular weight is 250 g/mol. The Balaban J connectivity index is 1.79. The van der Waals surface area contributed by atoms with Gasteiger partial charge >= 0.3 is 0 Å². The van der Waals surface area contributed by atoms with Crippen molar-refractivity contribution < 1.29 is 4.79 Å². The third-order valence-electron chi connectivity index (χ3n) is 3.78. The van der Waals surface area contributed by atoms with Gasteiger partial charge in [-0.2, -0.15) is 0 Å². The van der Waals surface area contributed by atoms with E-state index in [1.54, 1.807) is 0 Å². The van der Waals surface area contributed by atoms with Crippen molar-refractivity contribution in [1.82, 2.24) is 10.2 Å². The Kier molecular flexibility index (Phi) is 3.16. The Morgan fingerprint density at radius 3 is 3.06 bits per heavy atom. The minimum absolute atomic E-state index is 0.142. The normalized spacial score (nSPS) is 24.5. The summed E-state index contributed by atoms with van der Waals surface area (Å²) in [5.41, 5.74) is 1.31. The molecule has 0 spiro atoms. The van der Waals surface area contributed by atoms with Crippen LogP contribution >= 0.6 is 11.3 Å². The number of piperazine rings is 1. The molecule has 1 atom stereocenters. The van der Waals surface area contributed by atoms with Gasteiger partial charge in [-0.1, -0.05) is 0 Å². The Labute approximate surface area is 106 Å². The lowest BCUT2D eigenvalue weighted by Crippen LogP contribution is -2.48. The standard InChI is InChI=1S/C13H18N2OS/c16-13(15-7-5-14-6-8-15)11-2-1-3-12-10(11)4-9-17-12/h4,9,11,14H,1-3,5-8H2. The second-order valence-electron chi connectivity index (χ2n) is 4.82. The minimum Gasteiger partial charge on any atom is -0.340 e. The molecule has 0 bridgehead atoms. The predicted octanol–water partition coefficient (Wildman–Crippen LogP) is 1.60. The molecular formula is C13H18N2OS. The van der Waals surface area contributed by atoms with Crippen LogP contribution in [0.1, 0.15) is 29.2 Å². The van der Waals surface area contributed by atoms with Crippen molar-refractivity contribution in [2.24, 2.45) is 0 Å². The van der Waals surface area contributed by atoms with E-state index in [-0.39, 0.29) is 5.92 Å². The summed E-state index contributed by atoms with van der Waals surface area (Å²) in [7, 11) is 0. The molecule has 1 saturated heterocycles. The fourth-order valence-corrected chi connectivity index (χ4v) is 3.84. The van der Waals surface area contributed by atoms with E-state index >= 15 is 0 Å².